The van der Waals surface area contributed by atoms with Gasteiger partial charge in [0, 0.05) is 50.5 Å². The lowest BCUT2D eigenvalue weighted by atomic mass is 10.1. The van der Waals surface area contributed by atoms with E-state index in [2.05, 4.69) is 26.4 Å². The highest BCUT2D eigenvalue weighted by atomic mass is 16.2. The first-order chi connectivity index (χ1) is 14.4. The van der Waals surface area contributed by atoms with Crippen LogP contribution in [-0.2, 0) is 16.0 Å². The summed E-state index contributed by atoms with van der Waals surface area (Å²) in [6.45, 7) is 9.66. The quantitative estimate of drug-likeness (QED) is 0.723. The van der Waals surface area contributed by atoms with Crippen molar-refractivity contribution in [2.45, 2.75) is 40.0 Å². The largest absolute Gasteiger partial charge is 0.355 e. The SMILES string of the molecule is CCCNC(=O)CN1CCN(C(=O)CCc2c(C)nc3c(C#N)cnn3c2C)CC1. The Balaban J connectivity index is 1.54. The van der Waals surface area contributed by atoms with Crippen LogP contribution in [0.25, 0.3) is 5.65 Å². The van der Waals surface area contributed by atoms with Gasteiger partial charge in [0.25, 0.3) is 0 Å². The van der Waals surface area contributed by atoms with Crippen LogP contribution in [0.3, 0.4) is 0 Å². The lowest BCUT2D eigenvalue weighted by Crippen LogP contribution is -2.51. The molecule has 2 aromatic rings. The molecule has 0 saturated carbocycles. The number of nitriles is 1. The van der Waals surface area contributed by atoms with E-state index in [9.17, 15) is 14.9 Å². The molecule has 3 heterocycles. The van der Waals surface area contributed by atoms with Crippen LogP contribution < -0.4 is 5.32 Å². The van der Waals surface area contributed by atoms with Gasteiger partial charge in [-0.25, -0.2) is 9.50 Å². The molecule has 9 heteroatoms. The highest BCUT2D eigenvalue weighted by Gasteiger charge is 2.23. The number of nitrogens with one attached hydrogen (secondary N) is 1. The highest BCUT2D eigenvalue weighted by Crippen LogP contribution is 2.18. The number of hydrogen-bond donors (Lipinski definition) is 1. The lowest BCUT2D eigenvalue weighted by molar-refractivity contribution is -0.133. The molecule has 9 nitrogen and oxygen atoms in total. The van der Waals surface area contributed by atoms with E-state index in [4.69, 9.17) is 0 Å². The predicted molar refractivity (Wildman–Crippen MR) is 112 cm³/mol. The van der Waals surface area contributed by atoms with Crippen LogP contribution in [0.1, 0.15) is 42.3 Å². The Morgan fingerprint density at radius 3 is 2.63 bits per heavy atom. The molecular weight excluding hydrogens is 382 g/mol. The van der Waals surface area contributed by atoms with Crippen molar-refractivity contribution in [1.82, 2.24) is 29.7 Å². The molecule has 0 spiro atoms. The van der Waals surface area contributed by atoms with Gasteiger partial charge in [-0.3, -0.25) is 14.5 Å². The molecule has 0 atom stereocenters. The zero-order valence-electron chi connectivity index (χ0n) is 17.9. The number of amides is 2. The molecule has 1 N–H and O–H groups in total. The molecular formula is C21H29N7O2. The first-order valence-electron chi connectivity index (χ1n) is 10.4. The number of hydrogen-bond acceptors (Lipinski definition) is 6. The Morgan fingerprint density at radius 1 is 1.23 bits per heavy atom. The third-order valence-electron chi connectivity index (χ3n) is 5.58. The molecule has 0 unspecified atom stereocenters. The maximum Gasteiger partial charge on any atom is 0.234 e. The number of rotatable bonds is 7. The molecule has 160 valence electrons. The summed E-state index contributed by atoms with van der Waals surface area (Å²) in [7, 11) is 0. The summed E-state index contributed by atoms with van der Waals surface area (Å²) in [4.78, 5) is 33.1. The van der Waals surface area contributed by atoms with Crippen molar-refractivity contribution in [1.29, 1.82) is 5.26 Å². The standard InChI is InChI=1S/C21H29N7O2/c1-4-7-23-19(29)14-26-8-10-27(11-9-26)20(30)6-5-18-15(2)25-21-17(12-22)13-24-28(21)16(18)3/h13H,4-11,14H2,1-3H3,(H,23,29). The van der Waals surface area contributed by atoms with Crippen LogP contribution in [0.5, 0.6) is 0 Å². The van der Waals surface area contributed by atoms with Crippen LogP contribution in [0.15, 0.2) is 6.20 Å². The second-order valence-corrected chi connectivity index (χ2v) is 7.67. The fourth-order valence-corrected chi connectivity index (χ4v) is 3.82. The van der Waals surface area contributed by atoms with Crippen LogP contribution in [-0.4, -0.2) is 75.5 Å². The molecule has 1 aliphatic heterocycles. The topological polar surface area (TPSA) is 107 Å². The minimum atomic E-state index is 0.0450. The molecule has 2 amide bonds. The zero-order valence-corrected chi connectivity index (χ0v) is 17.9. The van der Waals surface area contributed by atoms with E-state index >= 15 is 0 Å². The average Bonchev–Trinajstić information content (AvgIpc) is 3.15. The van der Waals surface area contributed by atoms with E-state index < -0.39 is 0 Å². The summed E-state index contributed by atoms with van der Waals surface area (Å²) >= 11 is 0. The molecule has 0 radical (unpaired) electrons. The maximum absolute atomic E-state index is 12.7. The van der Waals surface area contributed by atoms with Gasteiger partial charge in [0.1, 0.15) is 11.6 Å². The van der Waals surface area contributed by atoms with Gasteiger partial charge in [-0.15, -0.1) is 0 Å². The van der Waals surface area contributed by atoms with Crippen molar-refractivity contribution in [3.8, 4) is 6.07 Å². The molecule has 1 fully saturated rings. The van der Waals surface area contributed by atoms with Gasteiger partial charge in [-0.2, -0.15) is 10.4 Å². The molecule has 30 heavy (non-hydrogen) atoms. The number of aryl methyl sites for hydroxylation is 2. The van der Waals surface area contributed by atoms with Crippen molar-refractivity contribution in [3.05, 3.63) is 28.7 Å². The third-order valence-corrected chi connectivity index (χ3v) is 5.58. The summed E-state index contributed by atoms with van der Waals surface area (Å²) < 4.78 is 1.67. The monoisotopic (exact) mass is 411 g/mol. The van der Waals surface area contributed by atoms with Crippen molar-refractivity contribution < 1.29 is 9.59 Å². The van der Waals surface area contributed by atoms with E-state index in [1.165, 1.54) is 6.20 Å². The number of nitrogens with zero attached hydrogens (tertiary/aromatic N) is 6. The summed E-state index contributed by atoms with van der Waals surface area (Å²) in [5, 5.41) is 16.3. The lowest BCUT2D eigenvalue weighted by Gasteiger charge is -2.34. The summed E-state index contributed by atoms with van der Waals surface area (Å²) in [6.07, 6.45) is 3.43. The average molecular weight is 412 g/mol. The second-order valence-electron chi connectivity index (χ2n) is 7.67. The van der Waals surface area contributed by atoms with Crippen LogP contribution >= 0.6 is 0 Å². The Hall–Kier alpha value is -2.99. The van der Waals surface area contributed by atoms with Crippen molar-refractivity contribution in [2.24, 2.45) is 0 Å². The van der Waals surface area contributed by atoms with E-state index in [1.807, 2.05) is 25.7 Å². The van der Waals surface area contributed by atoms with E-state index in [-0.39, 0.29) is 11.8 Å². The third kappa shape index (κ3) is 4.76. The maximum atomic E-state index is 12.7. The van der Waals surface area contributed by atoms with Crippen molar-refractivity contribution in [3.63, 3.8) is 0 Å². The Morgan fingerprint density at radius 2 is 1.97 bits per heavy atom. The van der Waals surface area contributed by atoms with Crippen molar-refractivity contribution >= 4 is 17.5 Å². The van der Waals surface area contributed by atoms with Gasteiger partial charge in [-0.1, -0.05) is 6.92 Å². The number of piperazine rings is 1. The van der Waals surface area contributed by atoms with Gasteiger partial charge in [0.15, 0.2) is 5.65 Å². The van der Waals surface area contributed by atoms with Gasteiger partial charge in [0.05, 0.1) is 12.7 Å². The second kappa shape index (κ2) is 9.67. The van der Waals surface area contributed by atoms with Gasteiger partial charge < -0.3 is 10.2 Å². The predicted octanol–water partition coefficient (Wildman–Crippen LogP) is 0.821. The molecule has 3 rings (SSSR count). The summed E-state index contributed by atoms with van der Waals surface area (Å²) in [5.41, 5.74) is 3.74. The first kappa shape index (κ1) is 21.7. The van der Waals surface area contributed by atoms with Gasteiger partial charge in [-0.05, 0) is 32.3 Å². The Kier molecular flexibility index (Phi) is 7.00. The summed E-state index contributed by atoms with van der Waals surface area (Å²) in [6, 6.07) is 2.11. The Bertz CT molecular complexity index is 968. The van der Waals surface area contributed by atoms with Crippen LogP contribution in [0.2, 0.25) is 0 Å². The van der Waals surface area contributed by atoms with Crippen LogP contribution in [0.4, 0.5) is 0 Å². The molecule has 1 aliphatic rings. The van der Waals surface area contributed by atoms with E-state index in [0.717, 1.165) is 23.4 Å². The molecule has 2 aromatic heterocycles. The van der Waals surface area contributed by atoms with Gasteiger partial charge >= 0.3 is 0 Å². The number of aromatic nitrogens is 3. The number of carbonyl (C=O) groups excluding carboxylic acids is 2. The zero-order chi connectivity index (χ0) is 21.7. The molecule has 0 aliphatic carbocycles. The minimum absolute atomic E-state index is 0.0450. The fraction of sp³-hybridized carbons (Fsp3) is 0.571. The first-order valence-corrected chi connectivity index (χ1v) is 10.4. The molecule has 0 aromatic carbocycles. The Labute approximate surface area is 176 Å². The highest BCUT2D eigenvalue weighted by molar-refractivity contribution is 5.78. The normalized spacial score (nSPS) is 14.7. The summed E-state index contributed by atoms with van der Waals surface area (Å²) in [5.74, 6) is 0.158. The van der Waals surface area contributed by atoms with E-state index in [1.54, 1.807) is 4.52 Å². The van der Waals surface area contributed by atoms with Gasteiger partial charge in [0.2, 0.25) is 11.8 Å². The fourth-order valence-electron chi connectivity index (χ4n) is 3.82. The molecule has 0 bridgehead atoms. The van der Waals surface area contributed by atoms with Crippen molar-refractivity contribution in [2.75, 3.05) is 39.3 Å². The van der Waals surface area contributed by atoms with Crippen LogP contribution in [0, 0.1) is 25.2 Å². The van der Waals surface area contributed by atoms with E-state index in [0.29, 0.717) is 63.3 Å². The number of fused-ring (bicyclic) bond motifs is 1. The number of carbonyl (C=O) groups is 2. The molecule has 1 saturated heterocycles. The smallest absolute Gasteiger partial charge is 0.234 e. The minimum Gasteiger partial charge on any atom is -0.355 e.